The highest BCUT2D eigenvalue weighted by Crippen LogP contribution is 2.26. The van der Waals surface area contributed by atoms with Crippen molar-refractivity contribution < 1.29 is 9.53 Å². The van der Waals surface area contributed by atoms with Crippen molar-refractivity contribution in [1.82, 2.24) is 0 Å². The van der Waals surface area contributed by atoms with Crippen LogP contribution in [0.4, 0.5) is 0 Å². The Hall–Kier alpha value is -0.870. The molecule has 2 N–H and O–H groups in total. The highest BCUT2D eigenvalue weighted by atomic mass is 79.9. The van der Waals surface area contributed by atoms with Gasteiger partial charge in [-0.3, -0.25) is 4.79 Å². The second-order valence-electron chi connectivity index (χ2n) is 5.94. The van der Waals surface area contributed by atoms with Crippen molar-refractivity contribution in [1.29, 1.82) is 0 Å². The van der Waals surface area contributed by atoms with E-state index < -0.39 is 5.60 Å². The SMILES string of the molecule is CC(C)(C)OC(=O)C(CCCC(N)Br)c1ccccc1. The van der Waals surface area contributed by atoms with Gasteiger partial charge in [-0.2, -0.15) is 0 Å². The van der Waals surface area contributed by atoms with Gasteiger partial charge in [-0.15, -0.1) is 0 Å². The monoisotopic (exact) mass is 341 g/mol. The normalized spacial score (nSPS) is 14.7. The van der Waals surface area contributed by atoms with Gasteiger partial charge in [-0.1, -0.05) is 46.3 Å². The zero-order valence-electron chi connectivity index (χ0n) is 12.4. The van der Waals surface area contributed by atoms with E-state index in [1.807, 2.05) is 51.1 Å². The highest BCUT2D eigenvalue weighted by Gasteiger charge is 2.26. The molecule has 0 amide bonds. The predicted molar refractivity (Wildman–Crippen MR) is 85.8 cm³/mol. The predicted octanol–water partition coefficient (Wildman–Crippen LogP) is 3.96. The van der Waals surface area contributed by atoms with Crippen LogP contribution in [-0.2, 0) is 9.53 Å². The molecule has 112 valence electrons. The summed E-state index contributed by atoms with van der Waals surface area (Å²) in [5.74, 6) is -0.381. The number of halogens is 1. The van der Waals surface area contributed by atoms with E-state index in [-0.39, 0.29) is 16.8 Å². The molecule has 0 saturated carbocycles. The van der Waals surface area contributed by atoms with Crippen molar-refractivity contribution in [3.05, 3.63) is 35.9 Å². The first kappa shape index (κ1) is 17.2. The van der Waals surface area contributed by atoms with Gasteiger partial charge in [-0.05, 0) is 45.6 Å². The number of alkyl halides is 1. The van der Waals surface area contributed by atoms with E-state index in [0.29, 0.717) is 0 Å². The number of nitrogens with two attached hydrogens (primary N) is 1. The fourth-order valence-corrected chi connectivity index (χ4v) is 2.32. The number of esters is 1. The van der Waals surface area contributed by atoms with Crippen LogP contribution in [0.2, 0.25) is 0 Å². The second kappa shape index (κ2) is 7.79. The molecule has 0 aliphatic rings. The van der Waals surface area contributed by atoms with Gasteiger partial charge in [0.05, 0.1) is 10.9 Å². The molecule has 4 heteroatoms. The Morgan fingerprint density at radius 3 is 2.35 bits per heavy atom. The average Bonchev–Trinajstić information content (AvgIpc) is 2.33. The molecular weight excluding hydrogens is 318 g/mol. The Balaban J connectivity index is 2.77. The van der Waals surface area contributed by atoms with Crippen LogP contribution in [0, 0.1) is 0 Å². The Morgan fingerprint density at radius 2 is 1.85 bits per heavy atom. The smallest absolute Gasteiger partial charge is 0.313 e. The third-order valence-corrected chi connectivity index (χ3v) is 3.32. The van der Waals surface area contributed by atoms with Crippen LogP contribution in [-0.4, -0.2) is 16.5 Å². The summed E-state index contributed by atoms with van der Waals surface area (Å²) in [7, 11) is 0. The molecule has 2 atom stereocenters. The van der Waals surface area contributed by atoms with E-state index >= 15 is 0 Å². The Kier molecular flexibility index (Phi) is 6.69. The van der Waals surface area contributed by atoms with Crippen LogP contribution < -0.4 is 5.73 Å². The van der Waals surface area contributed by atoms with Crippen LogP contribution in [0.5, 0.6) is 0 Å². The quantitative estimate of drug-likeness (QED) is 0.484. The lowest BCUT2D eigenvalue weighted by Gasteiger charge is -2.24. The van der Waals surface area contributed by atoms with Gasteiger partial charge in [0, 0.05) is 0 Å². The lowest BCUT2D eigenvalue weighted by Crippen LogP contribution is -2.28. The van der Waals surface area contributed by atoms with Crippen LogP contribution >= 0.6 is 15.9 Å². The summed E-state index contributed by atoms with van der Waals surface area (Å²) >= 11 is 3.33. The number of carbonyl (C=O) groups excluding carboxylic acids is 1. The molecule has 1 rings (SSSR count). The molecule has 0 aliphatic carbocycles. The van der Waals surface area contributed by atoms with E-state index in [1.165, 1.54) is 0 Å². The standard InChI is InChI=1S/C16H24BrNO2/c1-16(2,3)20-15(19)13(10-7-11-14(17)18)12-8-5-4-6-9-12/h4-6,8-9,13-14H,7,10-11,18H2,1-3H3. The van der Waals surface area contributed by atoms with Crippen molar-refractivity contribution >= 4 is 21.9 Å². The Morgan fingerprint density at radius 1 is 1.25 bits per heavy atom. The maximum Gasteiger partial charge on any atom is 0.313 e. The van der Waals surface area contributed by atoms with Crippen LogP contribution in [0.1, 0.15) is 51.5 Å². The molecule has 0 aliphatic heterocycles. The van der Waals surface area contributed by atoms with E-state index in [2.05, 4.69) is 15.9 Å². The fraction of sp³-hybridized carbons (Fsp3) is 0.562. The molecule has 1 aromatic rings. The van der Waals surface area contributed by atoms with Gasteiger partial charge in [0.15, 0.2) is 0 Å². The molecule has 20 heavy (non-hydrogen) atoms. The molecule has 3 nitrogen and oxygen atoms in total. The molecule has 0 fully saturated rings. The average molecular weight is 342 g/mol. The van der Waals surface area contributed by atoms with Gasteiger partial charge >= 0.3 is 5.97 Å². The molecule has 0 aromatic heterocycles. The maximum atomic E-state index is 12.4. The summed E-state index contributed by atoms with van der Waals surface area (Å²) in [6.07, 6.45) is 2.47. The number of benzene rings is 1. The van der Waals surface area contributed by atoms with E-state index in [1.54, 1.807) is 0 Å². The topological polar surface area (TPSA) is 52.3 Å². The van der Waals surface area contributed by atoms with Crippen molar-refractivity contribution in [3.8, 4) is 0 Å². The number of hydrogen-bond acceptors (Lipinski definition) is 3. The molecule has 1 aromatic carbocycles. The summed E-state index contributed by atoms with van der Waals surface area (Å²) in [5.41, 5.74) is 6.24. The highest BCUT2D eigenvalue weighted by molar-refractivity contribution is 9.09. The first-order chi connectivity index (χ1) is 9.29. The van der Waals surface area contributed by atoms with Crippen molar-refractivity contribution in [2.24, 2.45) is 5.73 Å². The Labute approximate surface area is 130 Å². The molecule has 0 heterocycles. The summed E-state index contributed by atoms with van der Waals surface area (Å²) in [4.78, 5) is 12.4. The van der Waals surface area contributed by atoms with Crippen LogP contribution in [0.15, 0.2) is 30.3 Å². The molecule has 0 saturated heterocycles. The van der Waals surface area contributed by atoms with Crippen LogP contribution in [0.3, 0.4) is 0 Å². The summed E-state index contributed by atoms with van der Waals surface area (Å²) in [6, 6.07) is 9.79. The minimum Gasteiger partial charge on any atom is -0.459 e. The number of rotatable bonds is 6. The molecule has 0 radical (unpaired) electrons. The van der Waals surface area contributed by atoms with E-state index in [0.717, 1.165) is 24.8 Å². The third-order valence-electron chi connectivity index (χ3n) is 2.87. The minimum atomic E-state index is -0.462. The van der Waals surface area contributed by atoms with Gasteiger partial charge in [0.1, 0.15) is 5.60 Å². The maximum absolute atomic E-state index is 12.4. The Bertz CT molecular complexity index is 412. The zero-order valence-corrected chi connectivity index (χ0v) is 14.0. The summed E-state index contributed by atoms with van der Waals surface area (Å²) in [6.45, 7) is 5.67. The number of carbonyl (C=O) groups is 1. The number of ether oxygens (including phenoxy) is 1. The van der Waals surface area contributed by atoms with E-state index in [9.17, 15) is 4.79 Å². The minimum absolute atomic E-state index is 0.0161. The van der Waals surface area contributed by atoms with Gasteiger partial charge < -0.3 is 10.5 Å². The lowest BCUT2D eigenvalue weighted by atomic mass is 9.93. The lowest BCUT2D eigenvalue weighted by molar-refractivity contribution is -0.157. The molecular formula is C16H24BrNO2. The van der Waals surface area contributed by atoms with Crippen molar-refractivity contribution in [2.45, 2.75) is 56.5 Å². The number of hydrogen-bond donors (Lipinski definition) is 1. The van der Waals surface area contributed by atoms with Gasteiger partial charge in [-0.25, -0.2) is 0 Å². The molecule has 0 bridgehead atoms. The fourth-order valence-electron chi connectivity index (χ4n) is 2.00. The third kappa shape index (κ3) is 6.53. The zero-order chi connectivity index (χ0) is 15.2. The van der Waals surface area contributed by atoms with Crippen LogP contribution in [0.25, 0.3) is 0 Å². The first-order valence-corrected chi connectivity index (χ1v) is 7.88. The summed E-state index contributed by atoms with van der Waals surface area (Å²) < 4.78 is 5.53. The molecule has 0 spiro atoms. The van der Waals surface area contributed by atoms with Crippen molar-refractivity contribution in [2.75, 3.05) is 0 Å². The largest absolute Gasteiger partial charge is 0.459 e. The summed E-state index contributed by atoms with van der Waals surface area (Å²) in [5, 5.41) is 0. The van der Waals surface area contributed by atoms with E-state index in [4.69, 9.17) is 10.5 Å². The van der Waals surface area contributed by atoms with Gasteiger partial charge in [0.25, 0.3) is 0 Å². The second-order valence-corrected chi connectivity index (χ2v) is 7.12. The first-order valence-electron chi connectivity index (χ1n) is 6.97. The molecule has 2 unspecified atom stereocenters. The van der Waals surface area contributed by atoms with Crippen molar-refractivity contribution in [3.63, 3.8) is 0 Å². The van der Waals surface area contributed by atoms with Gasteiger partial charge in [0.2, 0.25) is 0 Å².